The molecule has 0 saturated carbocycles. The lowest BCUT2D eigenvalue weighted by atomic mass is 10.1. The predicted molar refractivity (Wildman–Crippen MR) is 85.9 cm³/mol. The van der Waals surface area contributed by atoms with Crippen molar-refractivity contribution < 1.29 is 23.2 Å². The van der Waals surface area contributed by atoms with Crippen LogP contribution in [0.1, 0.15) is 10.4 Å². The van der Waals surface area contributed by atoms with E-state index in [1.807, 2.05) is 0 Å². The third-order valence-electron chi connectivity index (χ3n) is 2.98. The molecule has 2 aromatic carbocycles. The van der Waals surface area contributed by atoms with E-state index in [1.165, 1.54) is 48.2 Å². The quantitative estimate of drug-likeness (QED) is 0.478. The standard InChI is InChI=1S/C15H12F2N2O4S/c1-24-11-6-7-13(19(21)22)12(8-11)14(20)18-9-2-4-10(5-3-9)23-15(16)17/h2-8,15H,1H3,(H,18,20). The Morgan fingerprint density at radius 1 is 1.25 bits per heavy atom. The molecule has 24 heavy (non-hydrogen) atoms. The third kappa shape index (κ3) is 4.42. The van der Waals surface area contributed by atoms with Gasteiger partial charge in [-0.15, -0.1) is 11.8 Å². The Morgan fingerprint density at radius 3 is 2.46 bits per heavy atom. The number of halogens is 2. The predicted octanol–water partition coefficient (Wildman–Crippen LogP) is 4.17. The highest BCUT2D eigenvalue weighted by atomic mass is 32.2. The minimum absolute atomic E-state index is 0.0571. The lowest BCUT2D eigenvalue weighted by Crippen LogP contribution is -2.14. The molecule has 0 spiro atoms. The van der Waals surface area contributed by atoms with Crippen molar-refractivity contribution in [1.29, 1.82) is 0 Å². The Labute approximate surface area is 140 Å². The molecule has 0 heterocycles. The zero-order valence-electron chi connectivity index (χ0n) is 12.4. The van der Waals surface area contributed by atoms with E-state index >= 15 is 0 Å². The molecule has 0 fully saturated rings. The van der Waals surface area contributed by atoms with Crippen molar-refractivity contribution in [2.75, 3.05) is 11.6 Å². The van der Waals surface area contributed by atoms with Crippen LogP contribution in [0, 0.1) is 10.1 Å². The fraction of sp³-hybridized carbons (Fsp3) is 0.133. The van der Waals surface area contributed by atoms with E-state index in [0.717, 1.165) is 0 Å². The molecule has 0 saturated heterocycles. The van der Waals surface area contributed by atoms with Crippen LogP contribution in [0.3, 0.4) is 0 Å². The summed E-state index contributed by atoms with van der Waals surface area (Å²) >= 11 is 1.34. The van der Waals surface area contributed by atoms with E-state index in [2.05, 4.69) is 10.1 Å². The number of ether oxygens (including phenoxy) is 1. The number of anilines is 1. The van der Waals surface area contributed by atoms with Crippen molar-refractivity contribution in [3.05, 3.63) is 58.1 Å². The van der Waals surface area contributed by atoms with Gasteiger partial charge in [-0.25, -0.2) is 0 Å². The van der Waals surface area contributed by atoms with E-state index in [4.69, 9.17) is 0 Å². The highest BCUT2D eigenvalue weighted by Crippen LogP contribution is 2.26. The smallest absolute Gasteiger partial charge is 0.387 e. The Bertz CT molecular complexity index is 754. The first-order valence-electron chi connectivity index (χ1n) is 6.59. The Hall–Kier alpha value is -2.68. The van der Waals surface area contributed by atoms with Crippen LogP contribution in [0.25, 0.3) is 0 Å². The molecule has 0 radical (unpaired) electrons. The zero-order chi connectivity index (χ0) is 17.7. The maximum atomic E-state index is 12.3. The minimum Gasteiger partial charge on any atom is -0.435 e. The molecule has 2 aromatic rings. The van der Waals surface area contributed by atoms with Gasteiger partial charge in [-0.2, -0.15) is 8.78 Å². The number of hydrogen-bond acceptors (Lipinski definition) is 5. The highest BCUT2D eigenvalue weighted by molar-refractivity contribution is 7.98. The molecular weight excluding hydrogens is 342 g/mol. The second-order valence-corrected chi connectivity index (χ2v) is 5.38. The summed E-state index contributed by atoms with van der Waals surface area (Å²) in [6.07, 6.45) is 1.78. The lowest BCUT2D eigenvalue weighted by molar-refractivity contribution is -0.385. The lowest BCUT2D eigenvalue weighted by Gasteiger charge is -2.08. The fourth-order valence-corrected chi connectivity index (χ4v) is 2.34. The molecule has 0 bridgehead atoms. The number of carbonyl (C=O) groups excluding carboxylic acids is 1. The molecule has 9 heteroatoms. The Morgan fingerprint density at radius 2 is 1.92 bits per heavy atom. The summed E-state index contributed by atoms with van der Waals surface area (Å²) in [5.74, 6) is -0.724. The van der Waals surface area contributed by atoms with E-state index in [9.17, 15) is 23.7 Å². The van der Waals surface area contributed by atoms with Crippen LogP contribution in [-0.4, -0.2) is 23.7 Å². The number of nitrogens with one attached hydrogen (secondary N) is 1. The van der Waals surface area contributed by atoms with E-state index in [1.54, 1.807) is 12.3 Å². The second kappa shape index (κ2) is 7.73. The van der Waals surface area contributed by atoms with Crippen LogP contribution >= 0.6 is 11.8 Å². The summed E-state index contributed by atoms with van der Waals surface area (Å²) in [5, 5.41) is 13.5. The van der Waals surface area contributed by atoms with E-state index in [0.29, 0.717) is 10.6 Å². The molecule has 0 unspecified atom stereocenters. The van der Waals surface area contributed by atoms with Crippen LogP contribution in [0.5, 0.6) is 5.75 Å². The van der Waals surface area contributed by atoms with Gasteiger partial charge in [-0.1, -0.05) is 0 Å². The topological polar surface area (TPSA) is 81.5 Å². The van der Waals surface area contributed by atoms with Gasteiger partial charge in [0.05, 0.1) is 4.92 Å². The van der Waals surface area contributed by atoms with Crippen LogP contribution in [-0.2, 0) is 0 Å². The first-order chi connectivity index (χ1) is 11.4. The minimum atomic E-state index is -2.94. The number of nitrogens with zero attached hydrogens (tertiary/aromatic N) is 1. The van der Waals surface area contributed by atoms with Crippen molar-refractivity contribution in [1.82, 2.24) is 0 Å². The first-order valence-corrected chi connectivity index (χ1v) is 7.82. The maximum Gasteiger partial charge on any atom is 0.387 e. The molecule has 6 nitrogen and oxygen atoms in total. The van der Waals surface area contributed by atoms with Crippen LogP contribution in [0.4, 0.5) is 20.2 Å². The average molecular weight is 354 g/mol. The third-order valence-corrected chi connectivity index (χ3v) is 3.71. The molecule has 2 rings (SSSR count). The van der Waals surface area contributed by atoms with Gasteiger partial charge in [-0.05, 0) is 42.7 Å². The summed E-state index contributed by atoms with van der Waals surface area (Å²) in [6, 6.07) is 9.48. The van der Waals surface area contributed by atoms with Crippen molar-refractivity contribution in [3.8, 4) is 5.75 Å². The second-order valence-electron chi connectivity index (χ2n) is 4.50. The molecule has 0 aliphatic heterocycles. The molecule has 0 aliphatic rings. The van der Waals surface area contributed by atoms with E-state index in [-0.39, 0.29) is 17.0 Å². The molecule has 0 aliphatic carbocycles. The zero-order valence-corrected chi connectivity index (χ0v) is 13.2. The Kier molecular flexibility index (Phi) is 5.69. The number of nitro groups is 1. The van der Waals surface area contributed by atoms with Crippen molar-refractivity contribution in [3.63, 3.8) is 0 Å². The summed E-state index contributed by atoms with van der Waals surface area (Å²) < 4.78 is 28.4. The molecule has 1 amide bonds. The summed E-state index contributed by atoms with van der Waals surface area (Å²) in [4.78, 5) is 23.4. The van der Waals surface area contributed by atoms with Gasteiger partial charge in [0, 0.05) is 16.6 Å². The van der Waals surface area contributed by atoms with Crippen molar-refractivity contribution in [2.24, 2.45) is 0 Å². The van der Waals surface area contributed by atoms with Gasteiger partial charge in [0.15, 0.2) is 0 Å². The van der Waals surface area contributed by atoms with Crippen LogP contribution in [0.15, 0.2) is 47.4 Å². The summed E-state index contributed by atoms with van der Waals surface area (Å²) in [5.41, 5.74) is -0.104. The number of nitro benzene ring substituents is 1. The highest BCUT2D eigenvalue weighted by Gasteiger charge is 2.20. The van der Waals surface area contributed by atoms with E-state index < -0.39 is 17.4 Å². The molecule has 126 valence electrons. The van der Waals surface area contributed by atoms with Gasteiger partial charge in [0.1, 0.15) is 11.3 Å². The van der Waals surface area contributed by atoms with Gasteiger partial charge >= 0.3 is 6.61 Å². The average Bonchev–Trinajstić information content (AvgIpc) is 2.55. The van der Waals surface area contributed by atoms with Crippen LogP contribution < -0.4 is 10.1 Å². The number of benzene rings is 2. The number of hydrogen-bond donors (Lipinski definition) is 1. The fourth-order valence-electron chi connectivity index (χ4n) is 1.90. The SMILES string of the molecule is CSc1ccc([N+](=O)[O-])c(C(=O)Nc2ccc(OC(F)F)cc2)c1. The molecule has 0 atom stereocenters. The summed E-state index contributed by atoms with van der Waals surface area (Å²) in [6.45, 7) is -2.94. The number of rotatable bonds is 6. The monoisotopic (exact) mass is 354 g/mol. The first kappa shape index (κ1) is 17.7. The van der Waals surface area contributed by atoms with Gasteiger partial charge in [0.25, 0.3) is 11.6 Å². The number of carbonyl (C=O) groups is 1. The van der Waals surface area contributed by atoms with Crippen molar-refractivity contribution >= 4 is 29.0 Å². The summed E-state index contributed by atoms with van der Waals surface area (Å²) in [7, 11) is 0. The number of alkyl halides is 2. The molecular formula is C15H12F2N2O4S. The normalized spacial score (nSPS) is 10.5. The molecule has 1 N–H and O–H groups in total. The number of amides is 1. The number of thioether (sulfide) groups is 1. The maximum absolute atomic E-state index is 12.3. The van der Waals surface area contributed by atoms with Gasteiger partial charge in [0.2, 0.25) is 0 Å². The molecule has 0 aromatic heterocycles. The largest absolute Gasteiger partial charge is 0.435 e. The Balaban J connectivity index is 2.21. The van der Waals surface area contributed by atoms with Gasteiger partial charge < -0.3 is 10.1 Å². The van der Waals surface area contributed by atoms with Crippen molar-refractivity contribution in [2.45, 2.75) is 11.5 Å². The van der Waals surface area contributed by atoms with Gasteiger partial charge in [-0.3, -0.25) is 14.9 Å². The van der Waals surface area contributed by atoms with Crippen LogP contribution in [0.2, 0.25) is 0 Å².